The predicted octanol–water partition coefficient (Wildman–Crippen LogP) is 2.18. The lowest BCUT2D eigenvalue weighted by molar-refractivity contribution is 0.0466. The van der Waals surface area contributed by atoms with Crippen LogP contribution in [0.15, 0.2) is 24.3 Å². The molecule has 0 spiro atoms. The van der Waals surface area contributed by atoms with Crippen LogP contribution in [0.25, 0.3) is 0 Å². The van der Waals surface area contributed by atoms with Crippen molar-refractivity contribution in [2.45, 2.75) is 45.3 Å². The van der Waals surface area contributed by atoms with Crippen molar-refractivity contribution in [3.05, 3.63) is 29.8 Å². The summed E-state index contributed by atoms with van der Waals surface area (Å²) in [5.41, 5.74) is 5.26. The van der Waals surface area contributed by atoms with E-state index >= 15 is 0 Å². The Morgan fingerprint density at radius 2 is 1.90 bits per heavy atom. The van der Waals surface area contributed by atoms with Crippen LogP contribution in [0, 0.1) is 0 Å². The first-order valence-electron chi connectivity index (χ1n) is 6.63. The molecule has 1 aromatic carbocycles. The first-order valence-corrected chi connectivity index (χ1v) is 6.63. The van der Waals surface area contributed by atoms with E-state index in [-0.39, 0.29) is 12.3 Å². The highest BCUT2D eigenvalue weighted by Crippen LogP contribution is 2.21. The summed E-state index contributed by atoms with van der Waals surface area (Å²) in [6, 6.07) is 7.00. The highest BCUT2D eigenvalue weighted by atomic mass is 16.6. The normalized spacial score (nSPS) is 14.4. The summed E-state index contributed by atoms with van der Waals surface area (Å²) in [4.78, 5) is 11.9. The minimum Gasteiger partial charge on any atom is -0.508 e. The summed E-state index contributed by atoms with van der Waals surface area (Å²) in [5, 5.41) is 12.6. The van der Waals surface area contributed by atoms with E-state index in [1.54, 1.807) is 39.0 Å². The first kappa shape index (κ1) is 16.3. The van der Waals surface area contributed by atoms with Crippen molar-refractivity contribution < 1.29 is 14.6 Å². The number of phenolic OH excluding ortho intramolecular Hbond substituents is 1. The Morgan fingerprint density at radius 1 is 1.30 bits per heavy atom. The molecule has 0 aromatic heterocycles. The second-order valence-electron chi connectivity index (χ2n) is 6.20. The molecule has 0 saturated heterocycles. The summed E-state index contributed by atoms with van der Waals surface area (Å²) in [6.45, 7) is 7.46. The van der Waals surface area contributed by atoms with E-state index < -0.39 is 17.2 Å². The number of hydrogen-bond donors (Lipinski definition) is 3. The van der Waals surface area contributed by atoms with Crippen LogP contribution in [0.2, 0.25) is 0 Å². The van der Waals surface area contributed by atoms with E-state index in [9.17, 15) is 9.90 Å². The van der Waals surface area contributed by atoms with Gasteiger partial charge in [0.05, 0.1) is 5.54 Å². The number of alkyl carbamates (subject to hydrolysis) is 1. The van der Waals surface area contributed by atoms with Crippen LogP contribution in [0.4, 0.5) is 4.79 Å². The molecule has 0 aliphatic heterocycles. The van der Waals surface area contributed by atoms with Crippen LogP contribution in [0.1, 0.15) is 33.3 Å². The van der Waals surface area contributed by atoms with Gasteiger partial charge in [0.15, 0.2) is 0 Å². The minimum atomic E-state index is -0.679. The number of nitrogens with one attached hydrogen (secondary N) is 1. The summed E-state index contributed by atoms with van der Waals surface area (Å²) < 4.78 is 5.24. The van der Waals surface area contributed by atoms with E-state index in [4.69, 9.17) is 10.5 Å². The maximum Gasteiger partial charge on any atom is 0.408 e. The molecule has 5 heteroatoms. The lowest BCUT2D eigenvalue weighted by Crippen LogP contribution is -2.54. The standard InChI is InChI=1S/C15H24N2O3/c1-14(2,3)20-13(19)17-15(4,10-16)9-11-7-5-6-8-12(11)18/h5-8,18H,9-10,16H2,1-4H3,(H,17,19). The Balaban J connectivity index is 2.77. The van der Waals surface area contributed by atoms with E-state index in [2.05, 4.69) is 5.32 Å². The average Bonchev–Trinajstić information content (AvgIpc) is 2.29. The van der Waals surface area contributed by atoms with Gasteiger partial charge in [0.25, 0.3) is 0 Å². The molecule has 1 atom stereocenters. The van der Waals surface area contributed by atoms with Crippen molar-refractivity contribution >= 4 is 6.09 Å². The van der Waals surface area contributed by atoms with Crippen molar-refractivity contribution in [1.82, 2.24) is 5.32 Å². The Hall–Kier alpha value is -1.75. The van der Waals surface area contributed by atoms with Gasteiger partial charge in [0, 0.05) is 13.0 Å². The molecule has 1 rings (SSSR count). The molecular formula is C15H24N2O3. The molecule has 1 amide bonds. The van der Waals surface area contributed by atoms with Crippen molar-refractivity contribution in [3.63, 3.8) is 0 Å². The average molecular weight is 280 g/mol. The zero-order valence-corrected chi connectivity index (χ0v) is 12.6. The van der Waals surface area contributed by atoms with E-state index in [1.165, 1.54) is 0 Å². The van der Waals surface area contributed by atoms with E-state index in [1.807, 2.05) is 13.0 Å². The molecule has 0 fully saturated rings. The Bertz CT molecular complexity index is 468. The van der Waals surface area contributed by atoms with Gasteiger partial charge in [-0.1, -0.05) is 18.2 Å². The van der Waals surface area contributed by atoms with Crippen LogP contribution in [0.5, 0.6) is 5.75 Å². The van der Waals surface area contributed by atoms with Gasteiger partial charge < -0.3 is 20.9 Å². The van der Waals surface area contributed by atoms with Crippen molar-refractivity contribution in [2.24, 2.45) is 5.73 Å². The number of para-hydroxylation sites is 1. The molecule has 0 saturated carbocycles. The molecule has 20 heavy (non-hydrogen) atoms. The van der Waals surface area contributed by atoms with Gasteiger partial charge in [-0.15, -0.1) is 0 Å². The molecule has 1 unspecified atom stereocenters. The smallest absolute Gasteiger partial charge is 0.408 e. The van der Waals surface area contributed by atoms with Crippen LogP contribution in [-0.4, -0.2) is 28.9 Å². The topological polar surface area (TPSA) is 84.6 Å². The van der Waals surface area contributed by atoms with Crippen LogP contribution >= 0.6 is 0 Å². The summed E-state index contributed by atoms with van der Waals surface area (Å²) in [7, 11) is 0. The van der Waals surface area contributed by atoms with Gasteiger partial charge >= 0.3 is 6.09 Å². The molecule has 112 valence electrons. The van der Waals surface area contributed by atoms with Crippen molar-refractivity contribution in [3.8, 4) is 5.75 Å². The van der Waals surface area contributed by atoms with Crippen LogP contribution < -0.4 is 11.1 Å². The van der Waals surface area contributed by atoms with Gasteiger partial charge in [0.2, 0.25) is 0 Å². The largest absolute Gasteiger partial charge is 0.508 e. The Morgan fingerprint density at radius 3 is 2.40 bits per heavy atom. The van der Waals surface area contributed by atoms with Gasteiger partial charge in [-0.2, -0.15) is 0 Å². The molecule has 0 aliphatic rings. The number of phenols is 1. The highest BCUT2D eigenvalue weighted by molar-refractivity contribution is 5.69. The summed E-state index contributed by atoms with van der Waals surface area (Å²) in [5.74, 6) is 0.193. The molecule has 1 aromatic rings. The number of ether oxygens (including phenoxy) is 1. The fourth-order valence-electron chi connectivity index (χ4n) is 1.80. The lowest BCUT2D eigenvalue weighted by atomic mass is 9.92. The maximum absolute atomic E-state index is 11.9. The molecule has 0 radical (unpaired) electrons. The monoisotopic (exact) mass is 280 g/mol. The number of rotatable bonds is 4. The molecule has 4 N–H and O–H groups in total. The van der Waals surface area contributed by atoms with Crippen LogP contribution in [-0.2, 0) is 11.2 Å². The molecule has 0 aliphatic carbocycles. The molecule has 0 bridgehead atoms. The van der Waals surface area contributed by atoms with Gasteiger partial charge in [0.1, 0.15) is 11.4 Å². The van der Waals surface area contributed by atoms with Gasteiger partial charge in [-0.25, -0.2) is 4.79 Å². The quantitative estimate of drug-likeness (QED) is 0.789. The van der Waals surface area contributed by atoms with Gasteiger partial charge in [-0.05, 0) is 39.3 Å². The molecular weight excluding hydrogens is 256 g/mol. The highest BCUT2D eigenvalue weighted by Gasteiger charge is 2.28. The zero-order valence-electron chi connectivity index (χ0n) is 12.6. The van der Waals surface area contributed by atoms with Crippen LogP contribution in [0.3, 0.4) is 0 Å². The summed E-state index contributed by atoms with van der Waals surface area (Å²) >= 11 is 0. The second kappa shape index (κ2) is 6.13. The third-order valence-electron chi connectivity index (χ3n) is 2.83. The van der Waals surface area contributed by atoms with Crippen molar-refractivity contribution in [2.75, 3.05) is 6.54 Å². The predicted molar refractivity (Wildman–Crippen MR) is 78.6 cm³/mol. The third kappa shape index (κ3) is 5.09. The Kier molecular flexibility index (Phi) is 5.00. The zero-order chi connectivity index (χ0) is 15.4. The number of carbonyl (C=O) groups excluding carboxylic acids is 1. The van der Waals surface area contributed by atoms with E-state index in [0.29, 0.717) is 6.42 Å². The molecule has 5 nitrogen and oxygen atoms in total. The number of carbonyl (C=O) groups is 1. The fourth-order valence-corrected chi connectivity index (χ4v) is 1.80. The number of hydrogen-bond acceptors (Lipinski definition) is 4. The fraction of sp³-hybridized carbons (Fsp3) is 0.533. The van der Waals surface area contributed by atoms with Crippen molar-refractivity contribution in [1.29, 1.82) is 0 Å². The van der Waals surface area contributed by atoms with Gasteiger partial charge in [-0.3, -0.25) is 0 Å². The minimum absolute atomic E-state index is 0.193. The Labute approximate surface area is 120 Å². The number of nitrogens with two attached hydrogens (primary N) is 1. The third-order valence-corrected chi connectivity index (χ3v) is 2.83. The molecule has 0 heterocycles. The van der Waals surface area contributed by atoms with E-state index in [0.717, 1.165) is 5.56 Å². The SMILES string of the molecule is CC(CN)(Cc1ccccc1O)NC(=O)OC(C)(C)C. The number of amides is 1. The first-order chi connectivity index (χ1) is 9.15. The second-order valence-corrected chi connectivity index (χ2v) is 6.20. The maximum atomic E-state index is 11.9. The lowest BCUT2D eigenvalue weighted by Gasteiger charge is -2.31. The number of aromatic hydroxyl groups is 1. The summed E-state index contributed by atoms with van der Waals surface area (Å²) in [6.07, 6.45) is -0.0871. The number of benzene rings is 1.